The molecule has 14 heteroatoms. The molecular formula is C26H17ClF3N7O3. The highest BCUT2D eigenvalue weighted by Crippen LogP contribution is 2.36. The van der Waals surface area contributed by atoms with Gasteiger partial charge < -0.3 is 4.74 Å². The van der Waals surface area contributed by atoms with E-state index < -0.39 is 35.2 Å². The van der Waals surface area contributed by atoms with Crippen LogP contribution in [0.25, 0.3) is 22.2 Å². The Hall–Kier alpha value is -4.96. The topological polar surface area (TPSA) is 121 Å². The molecule has 0 aliphatic rings. The molecule has 0 unspecified atom stereocenters. The number of hydrogen-bond acceptors (Lipinski definition) is 7. The van der Waals surface area contributed by atoms with Gasteiger partial charge in [0.05, 0.1) is 37.3 Å². The molecule has 40 heavy (non-hydrogen) atoms. The summed E-state index contributed by atoms with van der Waals surface area (Å²) >= 11 is 6.41. The van der Waals surface area contributed by atoms with Crippen LogP contribution in [0.3, 0.4) is 0 Å². The summed E-state index contributed by atoms with van der Waals surface area (Å²) < 4.78 is 50.4. The van der Waals surface area contributed by atoms with E-state index in [4.69, 9.17) is 16.3 Å². The third-order valence-electron chi connectivity index (χ3n) is 6.08. The fourth-order valence-electron chi connectivity index (χ4n) is 4.23. The Morgan fingerprint density at radius 3 is 2.38 bits per heavy atom. The SMILES string of the molecule is COc1nc2c(=O)n(Cc3ncn(C)n3)c(=O)n(Cc3cc(F)c(F)c(F)c3)c2cc1-c1cc(C#N)ccc1Cl. The van der Waals surface area contributed by atoms with Gasteiger partial charge in [-0.25, -0.2) is 27.9 Å². The molecule has 0 aliphatic carbocycles. The van der Waals surface area contributed by atoms with E-state index in [0.29, 0.717) is 5.56 Å². The van der Waals surface area contributed by atoms with E-state index in [-0.39, 0.29) is 51.0 Å². The van der Waals surface area contributed by atoms with Gasteiger partial charge in [-0.15, -0.1) is 0 Å². The number of halogens is 4. The maximum atomic E-state index is 14.0. The number of aryl methyl sites for hydroxylation is 1. The van der Waals surface area contributed by atoms with Crippen molar-refractivity contribution >= 4 is 22.6 Å². The van der Waals surface area contributed by atoms with Crippen molar-refractivity contribution in [3.05, 3.63) is 103 Å². The summed E-state index contributed by atoms with van der Waals surface area (Å²) in [4.78, 5) is 35.6. The van der Waals surface area contributed by atoms with E-state index in [1.807, 2.05) is 6.07 Å². The summed E-state index contributed by atoms with van der Waals surface area (Å²) in [5.41, 5.74) is -1.17. The fraction of sp³-hybridized carbons (Fsp3) is 0.154. The first-order valence-electron chi connectivity index (χ1n) is 11.5. The molecule has 0 aliphatic heterocycles. The third kappa shape index (κ3) is 4.69. The number of rotatable bonds is 6. The molecule has 0 atom stereocenters. The number of nitrogens with zero attached hydrogens (tertiary/aromatic N) is 7. The zero-order valence-corrected chi connectivity index (χ0v) is 21.6. The van der Waals surface area contributed by atoms with Crippen LogP contribution in [0.2, 0.25) is 5.02 Å². The van der Waals surface area contributed by atoms with Gasteiger partial charge in [0, 0.05) is 23.2 Å². The summed E-state index contributed by atoms with van der Waals surface area (Å²) in [6.45, 7) is -0.791. The molecular weight excluding hydrogens is 551 g/mol. The van der Waals surface area contributed by atoms with Crippen LogP contribution in [0.1, 0.15) is 17.0 Å². The van der Waals surface area contributed by atoms with Crippen LogP contribution in [0.15, 0.2) is 52.3 Å². The monoisotopic (exact) mass is 567 g/mol. The number of hydrogen-bond donors (Lipinski definition) is 0. The molecule has 0 spiro atoms. The summed E-state index contributed by atoms with van der Waals surface area (Å²) in [6, 6.07) is 9.39. The second-order valence-corrected chi connectivity index (χ2v) is 9.09. The van der Waals surface area contributed by atoms with E-state index in [9.17, 15) is 28.0 Å². The van der Waals surface area contributed by atoms with Crippen molar-refractivity contribution in [1.29, 1.82) is 5.26 Å². The molecule has 0 N–H and O–H groups in total. The molecule has 5 rings (SSSR count). The normalized spacial score (nSPS) is 11.1. The van der Waals surface area contributed by atoms with Gasteiger partial charge in [-0.1, -0.05) is 11.6 Å². The lowest BCUT2D eigenvalue weighted by Crippen LogP contribution is -2.41. The van der Waals surface area contributed by atoms with Crippen LogP contribution in [0, 0.1) is 28.8 Å². The van der Waals surface area contributed by atoms with Gasteiger partial charge in [0.15, 0.2) is 28.8 Å². The maximum Gasteiger partial charge on any atom is 0.332 e. The molecule has 0 amide bonds. The minimum Gasteiger partial charge on any atom is -0.481 e. The van der Waals surface area contributed by atoms with Gasteiger partial charge in [-0.3, -0.25) is 18.6 Å². The number of aromatic nitrogens is 6. The Bertz CT molecular complexity index is 1950. The van der Waals surface area contributed by atoms with Crippen LogP contribution in [0.4, 0.5) is 13.2 Å². The van der Waals surface area contributed by atoms with Crippen LogP contribution < -0.4 is 16.0 Å². The van der Waals surface area contributed by atoms with Crippen molar-refractivity contribution < 1.29 is 17.9 Å². The lowest BCUT2D eigenvalue weighted by molar-refractivity contribution is 0.401. The average Bonchev–Trinajstić information content (AvgIpc) is 3.36. The smallest absolute Gasteiger partial charge is 0.332 e. The largest absolute Gasteiger partial charge is 0.481 e. The molecule has 5 aromatic rings. The Morgan fingerprint density at radius 1 is 1.02 bits per heavy atom. The number of methoxy groups -OCH3 is 1. The fourth-order valence-corrected chi connectivity index (χ4v) is 4.45. The molecule has 0 bridgehead atoms. The Labute approximate surface area is 228 Å². The zero-order chi connectivity index (χ0) is 28.7. The predicted molar refractivity (Wildman–Crippen MR) is 137 cm³/mol. The highest BCUT2D eigenvalue weighted by molar-refractivity contribution is 6.33. The first kappa shape index (κ1) is 26.6. The van der Waals surface area contributed by atoms with E-state index >= 15 is 0 Å². The quantitative estimate of drug-likeness (QED) is 0.288. The van der Waals surface area contributed by atoms with Gasteiger partial charge in [0.25, 0.3) is 5.56 Å². The van der Waals surface area contributed by atoms with Crippen LogP contribution >= 0.6 is 11.6 Å². The Morgan fingerprint density at radius 2 is 1.75 bits per heavy atom. The van der Waals surface area contributed by atoms with Crippen molar-refractivity contribution in [2.24, 2.45) is 7.05 Å². The summed E-state index contributed by atoms with van der Waals surface area (Å²) in [5.74, 6) is -4.44. The van der Waals surface area contributed by atoms with E-state index in [2.05, 4.69) is 15.1 Å². The highest BCUT2D eigenvalue weighted by Gasteiger charge is 2.22. The molecule has 0 fully saturated rings. The number of nitriles is 1. The molecule has 3 aromatic heterocycles. The summed E-state index contributed by atoms with van der Waals surface area (Å²) in [7, 11) is 2.92. The van der Waals surface area contributed by atoms with Crippen molar-refractivity contribution in [3.63, 3.8) is 0 Å². The second kappa shape index (κ2) is 10.3. The van der Waals surface area contributed by atoms with E-state index in [0.717, 1.165) is 21.3 Å². The molecule has 3 heterocycles. The van der Waals surface area contributed by atoms with Gasteiger partial charge in [-0.05, 0) is 42.0 Å². The predicted octanol–water partition coefficient (Wildman–Crippen LogP) is 3.40. The molecule has 202 valence electrons. The number of pyridine rings is 1. The number of benzene rings is 2. The maximum absolute atomic E-state index is 14.0. The first-order chi connectivity index (χ1) is 19.1. The summed E-state index contributed by atoms with van der Waals surface area (Å²) in [6.07, 6.45) is 1.39. The minimum atomic E-state index is -1.66. The standard InChI is InChI=1S/C26H17ClF3N7O3/c1-35-12-32-21(34-35)11-37-25(38)23-20(36(26(37)39)10-14-6-18(28)22(30)19(29)7-14)8-16(24(33-23)40-2)15-5-13(9-31)3-4-17(15)27/h3-8,12H,10-11H2,1-2H3. The van der Waals surface area contributed by atoms with Gasteiger partial charge in [-0.2, -0.15) is 10.4 Å². The first-order valence-corrected chi connectivity index (χ1v) is 11.9. The van der Waals surface area contributed by atoms with Crippen molar-refractivity contribution in [2.75, 3.05) is 7.11 Å². The molecule has 10 nitrogen and oxygen atoms in total. The van der Waals surface area contributed by atoms with Crippen molar-refractivity contribution in [3.8, 4) is 23.1 Å². The minimum absolute atomic E-state index is 0.0281. The molecule has 0 radical (unpaired) electrons. The van der Waals surface area contributed by atoms with Gasteiger partial charge in [0.2, 0.25) is 5.88 Å². The average molecular weight is 568 g/mol. The molecule has 0 saturated heterocycles. The van der Waals surface area contributed by atoms with Crippen molar-refractivity contribution in [2.45, 2.75) is 13.1 Å². The van der Waals surface area contributed by atoms with Crippen LogP contribution in [-0.2, 0) is 20.1 Å². The van der Waals surface area contributed by atoms with Crippen LogP contribution in [0.5, 0.6) is 5.88 Å². The lowest BCUT2D eigenvalue weighted by Gasteiger charge is -2.17. The second-order valence-electron chi connectivity index (χ2n) is 8.69. The Balaban J connectivity index is 1.83. The zero-order valence-electron chi connectivity index (χ0n) is 20.8. The third-order valence-corrected chi connectivity index (χ3v) is 6.41. The van der Waals surface area contributed by atoms with Crippen molar-refractivity contribution in [1.82, 2.24) is 28.9 Å². The van der Waals surface area contributed by atoms with E-state index in [1.165, 1.54) is 42.4 Å². The van der Waals surface area contributed by atoms with E-state index in [1.54, 1.807) is 7.05 Å². The van der Waals surface area contributed by atoms with Crippen LogP contribution in [-0.4, -0.2) is 36.0 Å². The highest BCUT2D eigenvalue weighted by atomic mass is 35.5. The molecule has 2 aromatic carbocycles. The lowest BCUT2D eigenvalue weighted by atomic mass is 10.0. The Kier molecular flexibility index (Phi) is 6.87. The summed E-state index contributed by atoms with van der Waals surface area (Å²) in [5, 5.41) is 13.7. The number of fused-ring (bicyclic) bond motifs is 1. The molecule has 0 saturated carbocycles. The van der Waals surface area contributed by atoms with Gasteiger partial charge >= 0.3 is 5.69 Å². The van der Waals surface area contributed by atoms with Gasteiger partial charge in [0.1, 0.15) is 6.33 Å². The number of ether oxygens (including phenoxy) is 1.